The number of hydrogen-bond donors (Lipinski definition) is 1. The lowest BCUT2D eigenvalue weighted by atomic mass is 10.1. The Balaban J connectivity index is 1.51. The second-order valence-electron chi connectivity index (χ2n) is 7.51. The Kier molecular flexibility index (Phi) is 5.12. The van der Waals surface area contributed by atoms with Gasteiger partial charge in [-0.05, 0) is 55.7 Å². The summed E-state index contributed by atoms with van der Waals surface area (Å²) in [6.45, 7) is 1.45. The Labute approximate surface area is 166 Å². The zero-order chi connectivity index (χ0) is 19.7. The molecule has 2 saturated heterocycles. The minimum Gasteiger partial charge on any atom is -0.337 e. The second kappa shape index (κ2) is 7.56. The second-order valence-corrected chi connectivity index (χ2v) is 9.48. The molecule has 0 aromatic heterocycles. The summed E-state index contributed by atoms with van der Waals surface area (Å²) in [7, 11) is -2.14. The fourth-order valence-electron chi connectivity index (χ4n) is 4.01. The molecule has 0 spiro atoms. The van der Waals surface area contributed by atoms with Gasteiger partial charge in [0, 0.05) is 37.8 Å². The summed E-state index contributed by atoms with van der Waals surface area (Å²) < 4.78 is 27.0. The number of rotatable bonds is 4. The number of carbonyl (C=O) groups excluding carboxylic acids is 1. The SMILES string of the molecule is CN(c1ccccc1)S(=O)(=O)c1ccc(C(=O)N2CCC3CCC(C2)N3)cc1. The number of anilines is 1. The first kappa shape index (κ1) is 19.0. The molecule has 7 heteroatoms. The standard InChI is InChI=1S/C21H25N3O3S/c1-23(19-5-3-2-4-6-19)28(26,27)20-11-7-16(8-12-20)21(25)24-14-13-17-9-10-18(15-24)22-17/h2-8,11-12,17-18,22H,9-10,13-15H2,1H3. The van der Waals surface area contributed by atoms with Gasteiger partial charge in [-0.1, -0.05) is 18.2 Å². The third-order valence-electron chi connectivity index (χ3n) is 5.69. The number of nitrogens with zero attached hydrogens (tertiary/aromatic N) is 2. The Hall–Kier alpha value is -2.38. The maximum absolute atomic E-state index is 12.9. The summed E-state index contributed by atoms with van der Waals surface area (Å²) in [5.74, 6) is -0.0327. The molecule has 2 atom stereocenters. The van der Waals surface area contributed by atoms with Crippen molar-refractivity contribution in [2.24, 2.45) is 0 Å². The highest BCUT2D eigenvalue weighted by atomic mass is 32.2. The summed E-state index contributed by atoms with van der Waals surface area (Å²) in [5, 5.41) is 3.57. The van der Waals surface area contributed by atoms with Crippen LogP contribution in [-0.2, 0) is 10.0 Å². The van der Waals surface area contributed by atoms with Crippen LogP contribution >= 0.6 is 0 Å². The van der Waals surface area contributed by atoms with Crippen LogP contribution in [0.5, 0.6) is 0 Å². The van der Waals surface area contributed by atoms with Crippen LogP contribution in [0.1, 0.15) is 29.6 Å². The minimum atomic E-state index is -3.67. The highest BCUT2D eigenvalue weighted by Crippen LogP contribution is 2.24. The highest BCUT2D eigenvalue weighted by molar-refractivity contribution is 7.92. The molecule has 2 unspecified atom stereocenters. The van der Waals surface area contributed by atoms with Crippen molar-refractivity contribution >= 4 is 21.6 Å². The molecule has 1 N–H and O–H groups in total. The van der Waals surface area contributed by atoms with Gasteiger partial charge in [0.25, 0.3) is 15.9 Å². The van der Waals surface area contributed by atoms with E-state index < -0.39 is 10.0 Å². The Morgan fingerprint density at radius 3 is 2.39 bits per heavy atom. The third kappa shape index (κ3) is 3.64. The number of sulfonamides is 1. The molecule has 2 aliphatic rings. The Bertz CT molecular complexity index is 945. The van der Waals surface area contributed by atoms with E-state index in [4.69, 9.17) is 0 Å². The van der Waals surface area contributed by atoms with Gasteiger partial charge in [-0.25, -0.2) is 8.42 Å². The smallest absolute Gasteiger partial charge is 0.264 e. The van der Waals surface area contributed by atoms with Gasteiger partial charge in [0.05, 0.1) is 10.6 Å². The van der Waals surface area contributed by atoms with Crippen LogP contribution in [0, 0.1) is 0 Å². The van der Waals surface area contributed by atoms with Crippen molar-refractivity contribution in [1.82, 2.24) is 10.2 Å². The van der Waals surface area contributed by atoms with Crippen LogP contribution in [0.3, 0.4) is 0 Å². The summed E-state index contributed by atoms with van der Waals surface area (Å²) >= 11 is 0. The lowest BCUT2D eigenvalue weighted by Crippen LogP contribution is -2.39. The third-order valence-corrected chi connectivity index (χ3v) is 7.49. The average Bonchev–Trinajstić information content (AvgIpc) is 3.06. The highest BCUT2D eigenvalue weighted by Gasteiger charge is 2.31. The topological polar surface area (TPSA) is 69.7 Å². The van der Waals surface area contributed by atoms with Crippen LogP contribution in [0.4, 0.5) is 5.69 Å². The molecule has 2 aromatic rings. The fourth-order valence-corrected chi connectivity index (χ4v) is 5.21. The van der Waals surface area contributed by atoms with E-state index in [-0.39, 0.29) is 10.8 Å². The molecule has 2 aliphatic heterocycles. The van der Waals surface area contributed by atoms with Crippen molar-refractivity contribution in [3.05, 3.63) is 60.2 Å². The first-order valence-corrected chi connectivity index (χ1v) is 11.1. The van der Waals surface area contributed by atoms with Gasteiger partial charge < -0.3 is 10.2 Å². The van der Waals surface area contributed by atoms with Crippen LogP contribution in [0.2, 0.25) is 0 Å². The van der Waals surface area contributed by atoms with Crippen LogP contribution < -0.4 is 9.62 Å². The molecule has 28 heavy (non-hydrogen) atoms. The number of para-hydroxylation sites is 1. The molecule has 148 valence electrons. The summed E-state index contributed by atoms with van der Waals surface area (Å²) in [5.41, 5.74) is 1.12. The van der Waals surface area contributed by atoms with E-state index in [1.807, 2.05) is 11.0 Å². The molecule has 0 radical (unpaired) electrons. The summed E-state index contributed by atoms with van der Waals surface area (Å²) in [6, 6.07) is 16.1. The van der Waals surface area contributed by atoms with E-state index in [1.165, 1.54) is 29.9 Å². The molecule has 2 aromatic carbocycles. The average molecular weight is 400 g/mol. The Morgan fingerprint density at radius 1 is 1.00 bits per heavy atom. The fraction of sp³-hybridized carbons (Fsp3) is 0.381. The summed E-state index contributed by atoms with van der Waals surface area (Å²) in [6.07, 6.45) is 3.27. The molecule has 2 heterocycles. The van der Waals surface area contributed by atoms with Crippen LogP contribution in [-0.4, -0.2) is 51.4 Å². The maximum Gasteiger partial charge on any atom is 0.264 e. The normalized spacial score (nSPS) is 22.0. The predicted molar refractivity (Wildman–Crippen MR) is 109 cm³/mol. The van der Waals surface area contributed by atoms with Gasteiger partial charge in [-0.15, -0.1) is 0 Å². The number of hydrogen-bond acceptors (Lipinski definition) is 4. The zero-order valence-electron chi connectivity index (χ0n) is 15.9. The minimum absolute atomic E-state index is 0.0327. The van der Waals surface area contributed by atoms with Crippen molar-refractivity contribution in [3.8, 4) is 0 Å². The number of benzene rings is 2. The first-order valence-electron chi connectivity index (χ1n) is 9.64. The number of carbonyl (C=O) groups is 1. The lowest BCUT2D eigenvalue weighted by Gasteiger charge is -2.24. The van der Waals surface area contributed by atoms with Crippen molar-refractivity contribution < 1.29 is 13.2 Å². The number of likely N-dealkylation sites (tertiary alicyclic amines) is 1. The first-order chi connectivity index (χ1) is 13.4. The van der Waals surface area contributed by atoms with E-state index in [9.17, 15) is 13.2 Å². The molecular weight excluding hydrogens is 374 g/mol. The molecular formula is C21H25N3O3S. The maximum atomic E-state index is 12.9. The zero-order valence-corrected chi connectivity index (χ0v) is 16.7. The monoisotopic (exact) mass is 399 g/mol. The summed E-state index contributed by atoms with van der Waals surface area (Å²) in [4.78, 5) is 14.9. The van der Waals surface area contributed by atoms with Gasteiger partial charge in [-0.3, -0.25) is 9.10 Å². The number of fused-ring (bicyclic) bond motifs is 2. The number of amides is 1. The molecule has 2 fully saturated rings. The quantitative estimate of drug-likeness (QED) is 0.858. The van der Waals surface area contributed by atoms with Gasteiger partial charge >= 0.3 is 0 Å². The van der Waals surface area contributed by atoms with E-state index in [0.29, 0.717) is 29.9 Å². The van der Waals surface area contributed by atoms with Gasteiger partial charge in [0.1, 0.15) is 0 Å². The van der Waals surface area contributed by atoms with Gasteiger partial charge in [0.2, 0.25) is 0 Å². The van der Waals surface area contributed by atoms with Crippen molar-refractivity contribution in [2.75, 3.05) is 24.4 Å². The van der Waals surface area contributed by atoms with Crippen LogP contribution in [0.15, 0.2) is 59.5 Å². The molecule has 1 amide bonds. The molecule has 0 aliphatic carbocycles. The lowest BCUT2D eigenvalue weighted by molar-refractivity contribution is 0.0748. The van der Waals surface area contributed by atoms with E-state index in [1.54, 1.807) is 36.4 Å². The predicted octanol–water partition coefficient (Wildman–Crippen LogP) is 2.48. The molecule has 2 bridgehead atoms. The van der Waals surface area contributed by atoms with E-state index in [2.05, 4.69) is 5.32 Å². The van der Waals surface area contributed by atoms with E-state index in [0.717, 1.165) is 19.4 Å². The van der Waals surface area contributed by atoms with Crippen molar-refractivity contribution in [1.29, 1.82) is 0 Å². The van der Waals surface area contributed by atoms with Crippen molar-refractivity contribution in [3.63, 3.8) is 0 Å². The molecule has 6 nitrogen and oxygen atoms in total. The van der Waals surface area contributed by atoms with Gasteiger partial charge in [-0.2, -0.15) is 0 Å². The van der Waals surface area contributed by atoms with E-state index >= 15 is 0 Å². The molecule has 4 rings (SSSR count). The number of nitrogens with one attached hydrogen (secondary N) is 1. The largest absolute Gasteiger partial charge is 0.337 e. The van der Waals surface area contributed by atoms with Crippen LogP contribution in [0.25, 0.3) is 0 Å². The Morgan fingerprint density at radius 2 is 1.68 bits per heavy atom. The van der Waals surface area contributed by atoms with Gasteiger partial charge in [0.15, 0.2) is 0 Å². The molecule has 0 saturated carbocycles. The van der Waals surface area contributed by atoms with Crippen molar-refractivity contribution in [2.45, 2.75) is 36.2 Å².